The van der Waals surface area contributed by atoms with Crippen molar-refractivity contribution in [2.24, 2.45) is 11.8 Å². The molecule has 0 aromatic heterocycles. The first kappa shape index (κ1) is 19.2. The van der Waals surface area contributed by atoms with Gasteiger partial charge in [0.2, 0.25) is 0 Å². The third-order valence-corrected chi connectivity index (χ3v) is 5.95. The van der Waals surface area contributed by atoms with Gasteiger partial charge in [0.05, 0.1) is 6.61 Å². The van der Waals surface area contributed by atoms with Crippen molar-refractivity contribution in [3.05, 3.63) is 59.9 Å². The summed E-state index contributed by atoms with van der Waals surface area (Å²) >= 11 is 0. The fourth-order valence-corrected chi connectivity index (χ4v) is 4.84. The number of fused-ring (bicyclic) bond motifs is 1. The third-order valence-electron chi connectivity index (χ3n) is 5.95. The largest absolute Gasteiger partial charge is 0.494 e. The Bertz CT molecular complexity index is 800. The van der Waals surface area contributed by atoms with Crippen LogP contribution in [0.2, 0.25) is 0 Å². The van der Waals surface area contributed by atoms with Crippen molar-refractivity contribution in [1.82, 2.24) is 9.80 Å². The molecule has 2 fully saturated rings. The number of hydrogen-bond donors (Lipinski definition) is 0. The SMILES string of the molecule is CCOc1cccc(OCCN2C[C@@H]3CN(C)[C@@H](c4cccc(F)c4)[C@@H]3C2)c1. The van der Waals surface area contributed by atoms with Crippen molar-refractivity contribution in [1.29, 1.82) is 0 Å². The van der Waals surface area contributed by atoms with Crippen LogP contribution >= 0.6 is 0 Å². The van der Waals surface area contributed by atoms with Crippen molar-refractivity contribution in [3.8, 4) is 11.5 Å². The normalized spacial score (nSPS) is 25.0. The Hall–Kier alpha value is -2.11. The first-order valence-electron chi connectivity index (χ1n) is 10.2. The molecule has 0 saturated carbocycles. The van der Waals surface area contributed by atoms with Crippen LogP contribution in [0, 0.1) is 17.7 Å². The highest BCUT2D eigenvalue weighted by Crippen LogP contribution is 2.44. The Labute approximate surface area is 166 Å². The van der Waals surface area contributed by atoms with Gasteiger partial charge in [-0.25, -0.2) is 4.39 Å². The summed E-state index contributed by atoms with van der Waals surface area (Å²) in [5.41, 5.74) is 1.10. The van der Waals surface area contributed by atoms with Crippen LogP contribution in [0.15, 0.2) is 48.5 Å². The summed E-state index contributed by atoms with van der Waals surface area (Å²) in [5.74, 6) is 2.74. The fourth-order valence-electron chi connectivity index (χ4n) is 4.84. The second kappa shape index (κ2) is 8.50. The Kier molecular flexibility index (Phi) is 5.83. The maximum absolute atomic E-state index is 13.7. The van der Waals surface area contributed by atoms with Crippen LogP contribution in [0.5, 0.6) is 11.5 Å². The van der Waals surface area contributed by atoms with Gasteiger partial charge in [-0.15, -0.1) is 0 Å². The molecule has 0 unspecified atom stereocenters. The molecule has 150 valence electrons. The lowest BCUT2D eigenvalue weighted by atomic mass is 9.89. The Morgan fingerprint density at radius 2 is 1.79 bits per heavy atom. The summed E-state index contributed by atoms with van der Waals surface area (Å²) < 4.78 is 25.2. The molecule has 2 saturated heterocycles. The standard InChI is InChI=1S/C23H29FN2O2/c1-3-27-20-8-5-9-21(13-20)28-11-10-26-15-18-14-25(2)23(22(18)16-26)17-6-4-7-19(24)12-17/h4-9,12-13,18,22-23H,3,10-11,14-16H2,1-2H3/t18-,22+,23-/m0/s1. The number of likely N-dealkylation sites (tertiary alicyclic amines) is 2. The van der Waals surface area contributed by atoms with Gasteiger partial charge in [-0.05, 0) is 55.6 Å². The average Bonchev–Trinajstić information content (AvgIpc) is 3.18. The van der Waals surface area contributed by atoms with Gasteiger partial charge in [-0.1, -0.05) is 18.2 Å². The average molecular weight is 384 g/mol. The van der Waals surface area contributed by atoms with Crippen molar-refractivity contribution < 1.29 is 13.9 Å². The van der Waals surface area contributed by atoms with E-state index in [1.165, 1.54) is 6.07 Å². The molecule has 3 atom stereocenters. The number of rotatable bonds is 7. The van der Waals surface area contributed by atoms with Crippen LogP contribution in [0.1, 0.15) is 18.5 Å². The molecule has 0 spiro atoms. The van der Waals surface area contributed by atoms with Gasteiger partial charge in [-0.2, -0.15) is 0 Å². The van der Waals surface area contributed by atoms with Crippen molar-refractivity contribution in [3.63, 3.8) is 0 Å². The van der Waals surface area contributed by atoms with Crippen molar-refractivity contribution in [2.75, 3.05) is 46.4 Å². The zero-order chi connectivity index (χ0) is 19.5. The molecule has 2 aromatic carbocycles. The minimum absolute atomic E-state index is 0.146. The van der Waals surface area contributed by atoms with Gasteiger partial charge in [-0.3, -0.25) is 9.80 Å². The fraction of sp³-hybridized carbons (Fsp3) is 0.478. The predicted molar refractivity (Wildman–Crippen MR) is 108 cm³/mol. The number of ether oxygens (including phenoxy) is 2. The lowest BCUT2D eigenvalue weighted by Gasteiger charge is -2.27. The van der Waals surface area contributed by atoms with Crippen LogP contribution in [0.4, 0.5) is 4.39 Å². The summed E-state index contributed by atoms with van der Waals surface area (Å²) in [4.78, 5) is 4.87. The molecule has 0 aliphatic carbocycles. The molecule has 4 nitrogen and oxygen atoms in total. The third kappa shape index (κ3) is 4.15. The summed E-state index contributed by atoms with van der Waals surface area (Å²) in [6, 6.07) is 15.2. The molecule has 0 bridgehead atoms. The lowest BCUT2D eigenvalue weighted by molar-refractivity contribution is 0.198. The zero-order valence-electron chi connectivity index (χ0n) is 16.7. The summed E-state index contributed by atoms with van der Waals surface area (Å²) in [6.07, 6.45) is 0. The van der Waals surface area contributed by atoms with Crippen molar-refractivity contribution in [2.45, 2.75) is 13.0 Å². The van der Waals surface area contributed by atoms with E-state index < -0.39 is 0 Å². The van der Waals surface area contributed by atoms with E-state index in [1.807, 2.05) is 37.3 Å². The lowest BCUT2D eigenvalue weighted by Crippen LogP contribution is -2.31. The van der Waals surface area contributed by atoms with Crippen LogP contribution in [0.25, 0.3) is 0 Å². The predicted octanol–water partition coefficient (Wildman–Crippen LogP) is 3.84. The van der Waals surface area contributed by atoms with E-state index in [-0.39, 0.29) is 5.82 Å². The highest BCUT2D eigenvalue weighted by molar-refractivity contribution is 5.32. The van der Waals surface area contributed by atoms with E-state index in [0.29, 0.717) is 31.1 Å². The Morgan fingerprint density at radius 3 is 2.57 bits per heavy atom. The molecule has 4 rings (SSSR count). The summed E-state index contributed by atoms with van der Waals surface area (Å²) in [7, 11) is 2.16. The number of hydrogen-bond acceptors (Lipinski definition) is 4. The van der Waals surface area contributed by atoms with Crippen LogP contribution in [-0.2, 0) is 0 Å². The van der Waals surface area contributed by atoms with Gasteiger partial charge in [0.1, 0.15) is 23.9 Å². The van der Waals surface area contributed by atoms with Crippen LogP contribution in [-0.4, -0.2) is 56.2 Å². The molecule has 0 amide bonds. The Balaban J connectivity index is 1.32. The molecular weight excluding hydrogens is 355 g/mol. The highest BCUT2D eigenvalue weighted by atomic mass is 19.1. The number of halogens is 1. The van der Waals surface area contributed by atoms with Crippen molar-refractivity contribution >= 4 is 0 Å². The number of nitrogens with zero attached hydrogens (tertiary/aromatic N) is 2. The van der Waals surface area contributed by atoms with Crippen LogP contribution < -0.4 is 9.47 Å². The monoisotopic (exact) mass is 384 g/mol. The molecule has 2 aromatic rings. The first-order chi connectivity index (χ1) is 13.6. The minimum atomic E-state index is -0.146. The van der Waals surface area contributed by atoms with Gasteiger partial charge < -0.3 is 9.47 Å². The van der Waals surface area contributed by atoms with E-state index in [4.69, 9.17) is 9.47 Å². The van der Waals surface area contributed by atoms with E-state index in [2.05, 4.69) is 22.9 Å². The molecule has 5 heteroatoms. The molecule has 2 aliphatic rings. The van der Waals surface area contributed by atoms with Crippen LogP contribution in [0.3, 0.4) is 0 Å². The molecule has 28 heavy (non-hydrogen) atoms. The molecule has 0 radical (unpaired) electrons. The zero-order valence-corrected chi connectivity index (χ0v) is 16.7. The molecule has 2 heterocycles. The highest BCUT2D eigenvalue weighted by Gasteiger charge is 2.45. The van der Waals surface area contributed by atoms with Gasteiger partial charge in [0.25, 0.3) is 0 Å². The maximum atomic E-state index is 13.7. The summed E-state index contributed by atoms with van der Waals surface area (Å²) in [6.45, 7) is 7.40. The molecular formula is C23H29FN2O2. The Morgan fingerprint density at radius 1 is 1.00 bits per heavy atom. The smallest absolute Gasteiger partial charge is 0.123 e. The minimum Gasteiger partial charge on any atom is -0.494 e. The second-order valence-electron chi connectivity index (χ2n) is 7.88. The topological polar surface area (TPSA) is 24.9 Å². The second-order valence-corrected chi connectivity index (χ2v) is 7.88. The summed E-state index contributed by atoms with van der Waals surface area (Å²) in [5, 5.41) is 0. The van der Waals surface area contributed by atoms with Gasteiger partial charge in [0, 0.05) is 38.3 Å². The number of benzene rings is 2. The van der Waals surface area contributed by atoms with E-state index in [0.717, 1.165) is 43.2 Å². The molecule has 0 N–H and O–H groups in total. The van der Waals surface area contributed by atoms with E-state index in [1.54, 1.807) is 6.07 Å². The first-order valence-corrected chi connectivity index (χ1v) is 10.2. The van der Waals surface area contributed by atoms with E-state index >= 15 is 0 Å². The van der Waals surface area contributed by atoms with Gasteiger partial charge in [0.15, 0.2) is 0 Å². The molecule has 2 aliphatic heterocycles. The van der Waals surface area contributed by atoms with E-state index in [9.17, 15) is 4.39 Å². The van der Waals surface area contributed by atoms with Gasteiger partial charge >= 0.3 is 0 Å². The maximum Gasteiger partial charge on any atom is 0.123 e. The quantitative estimate of drug-likeness (QED) is 0.724.